The Morgan fingerprint density at radius 3 is 2.96 bits per heavy atom. The van der Waals surface area contributed by atoms with Crippen molar-refractivity contribution in [2.45, 2.75) is 12.0 Å². The van der Waals surface area contributed by atoms with Gasteiger partial charge in [-0.15, -0.1) is 0 Å². The summed E-state index contributed by atoms with van der Waals surface area (Å²) in [5.74, 6) is -0.239. The number of fused-ring (bicyclic) bond motifs is 1. The van der Waals surface area contributed by atoms with Gasteiger partial charge in [0, 0.05) is 18.2 Å². The number of aromatic nitrogens is 3. The van der Waals surface area contributed by atoms with Crippen molar-refractivity contribution in [3.05, 3.63) is 53.8 Å². The van der Waals surface area contributed by atoms with Crippen LogP contribution in [0.1, 0.15) is 16.8 Å². The lowest BCUT2D eigenvalue weighted by Gasteiger charge is -2.23. The van der Waals surface area contributed by atoms with Gasteiger partial charge in [0.25, 0.3) is 5.91 Å². The van der Waals surface area contributed by atoms with Gasteiger partial charge in [-0.2, -0.15) is 15.4 Å². The first-order valence-corrected chi connectivity index (χ1v) is 8.23. The number of ether oxygens (including phenoxy) is 1. The number of aromatic amines is 1. The van der Waals surface area contributed by atoms with Crippen molar-refractivity contribution < 1.29 is 19.0 Å². The predicted octanol–water partition coefficient (Wildman–Crippen LogP) is 1.75. The third-order valence-electron chi connectivity index (χ3n) is 4.49. The van der Waals surface area contributed by atoms with Gasteiger partial charge in [0.15, 0.2) is 0 Å². The Morgan fingerprint density at radius 1 is 1.27 bits per heavy atom. The third kappa shape index (κ3) is 3.23. The summed E-state index contributed by atoms with van der Waals surface area (Å²) in [7, 11) is 0. The van der Waals surface area contributed by atoms with Gasteiger partial charge in [0.1, 0.15) is 34.8 Å². The summed E-state index contributed by atoms with van der Waals surface area (Å²) in [5, 5.41) is 21.1. The number of carbonyl (C=O) groups excluding carboxylic acids is 1. The van der Waals surface area contributed by atoms with E-state index in [4.69, 9.17) is 4.74 Å². The molecular formula is C18H17FN4O3. The number of H-pyrrole nitrogens is 1. The zero-order valence-electron chi connectivity index (χ0n) is 13.9. The number of halogens is 1. The fourth-order valence-corrected chi connectivity index (χ4v) is 3.08. The van der Waals surface area contributed by atoms with Crippen LogP contribution in [0.25, 0.3) is 11.0 Å². The summed E-state index contributed by atoms with van der Waals surface area (Å²) in [6.45, 7) is 0.555. The zero-order valence-corrected chi connectivity index (χ0v) is 13.9. The lowest BCUT2D eigenvalue weighted by atomic mass is 10.1. The number of amides is 1. The maximum absolute atomic E-state index is 13.2. The molecule has 0 unspecified atom stereocenters. The minimum absolute atomic E-state index is 0.0114. The van der Waals surface area contributed by atoms with Crippen LogP contribution < -0.4 is 4.74 Å². The van der Waals surface area contributed by atoms with Crippen LogP contribution in [0.3, 0.4) is 0 Å². The van der Waals surface area contributed by atoms with Gasteiger partial charge in [-0.25, -0.2) is 4.39 Å². The van der Waals surface area contributed by atoms with Gasteiger partial charge < -0.3 is 14.7 Å². The van der Waals surface area contributed by atoms with Gasteiger partial charge in [-0.3, -0.25) is 4.79 Å². The Morgan fingerprint density at radius 2 is 2.12 bits per heavy atom. The molecule has 0 spiro atoms. The number of β-amino-alcohol motifs (C(OH)–C–C–N with tert-alkyl or cyclic N) is 1. The Kier molecular flexibility index (Phi) is 4.04. The first-order chi connectivity index (χ1) is 12.5. The molecule has 2 heterocycles. The number of benzene rings is 2. The van der Waals surface area contributed by atoms with Crippen molar-refractivity contribution in [1.29, 1.82) is 0 Å². The molecule has 1 saturated heterocycles. The van der Waals surface area contributed by atoms with Crippen LogP contribution in [-0.4, -0.2) is 56.6 Å². The predicted molar refractivity (Wildman–Crippen MR) is 91.3 cm³/mol. The highest BCUT2D eigenvalue weighted by Crippen LogP contribution is 2.25. The minimum atomic E-state index is -1.17. The molecule has 3 aromatic rings. The Bertz CT molecular complexity index is 960. The van der Waals surface area contributed by atoms with Crippen LogP contribution in [0, 0.1) is 5.82 Å². The van der Waals surface area contributed by atoms with Crippen LogP contribution in [0.15, 0.2) is 42.5 Å². The topological polar surface area (TPSA) is 91.3 Å². The first-order valence-electron chi connectivity index (χ1n) is 8.23. The van der Waals surface area contributed by atoms with E-state index in [-0.39, 0.29) is 19.1 Å². The van der Waals surface area contributed by atoms with E-state index in [2.05, 4.69) is 15.4 Å². The molecule has 2 aromatic carbocycles. The average molecular weight is 356 g/mol. The van der Waals surface area contributed by atoms with Crippen molar-refractivity contribution in [3.8, 4) is 5.75 Å². The first kappa shape index (κ1) is 16.5. The van der Waals surface area contributed by atoms with E-state index in [1.807, 2.05) is 0 Å². The Labute approximate surface area is 148 Å². The van der Waals surface area contributed by atoms with Crippen LogP contribution in [-0.2, 0) is 0 Å². The molecule has 26 heavy (non-hydrogen) atoms. The summed E-state index contributed by atoms with van der Waals surface area (Å²) < 4.78 is 18.7. The van der Waals surface area contributed by atoms with Gasteiger partial charge in [-0.05, 0) is 36.8 Å². The van der Waals surface area contributed by atoms with Crippen molar-refractivity contribution >= 4 is 16.9 Å². The molecule has 7 nitrogen and oxygen atoms in total. The largest absolute Gasteiger partial charge is 0.490 e. The van der Waals surface area contributed by atoms with Crippen LogP contribution in [0.5, 0.6) is 5.75 Å². The normalized spacial score (nSPS) is 19.8. The fraction of sp³-hybridized carbons (Fsp3) is 0.278. The number of aliphatic hydroxyl groups is 1. The molecule has 8 heteroatoms. The molecular weight excluding hydrogens is 339 g/mol. The summed E-state index contributed by atoms with van der Waals surface area (Å²) >= 11 is 0. The molecule has 1 atom stereocenters. The van der Waals surface area contributed by atoms with E-state index < -0.39 is 11.4 Å². The molecule has 134 valence electrons. The highest BCUT2D eigenvalue weighted by atomic mass is 19.1. The fourth-order valence-electron chi connectivity index (χ4n) is 3.08. The van der Waals surface area contributed by atoms with Gasteiger partial charge in [0.05, 0.1) is 6.54 Å². The molecule has 1 amide bonds. The lowest BCUT2D eigenvalue weighted by molar-refractivity contribution is 0.00423. The van der Waals surface area contributed by atoms with Crippen molar-refractivity contribution in [3.63, 3.8) is 0 Å². The minimum Gasteiger partial charge on any atom is -0.490 e. The van der Waals surface area contributed by atoms with E-state index in [1.165, 1.54) is 12.1 Å². The average Bonchev–Trinajstić information content (AvgIpc) is 3.26. The van der Waals surface area contributed by atoms with E-state index in [1.54, 1.807) is 35.2 Å². The molecule has 0 radical (unpaired) electrons. The molecule has 1 aliphatic heterocycles. The van der Waals surface area contributed by atoms with Crippen LogP contribution >= 0.6 is 0 Å². The number of rotatable bonds is 4. The van der Waals surface area contributed by atoms with Crippen molar-refractivity contribution in [2.24, 2.45) is 0 Å². The summed E-state index contributed by atoms with van der Waals surface area (Å²) in [6.07, 6.45) is 0.389. The van der Waals surface area contributed by atoms with Crippen molar-refractivity contribution in [1.82, 2.24) is 20.3 Å². The molecule has 1 aliphatic rings. The molecule has 0 saturated carbocycles. The van der Waals surface area contributed by atoms with E-state index >= 15 is 0 Å². The quantitative estimate of drug-likeness (QED) is 0.743. The lowest BCUT2D eigenvalue weighted by Crippen LogP contribution is -2.40. The zero-order chi connectivity index (χ0) is 18.1. The summed E-state index contributed by atoms with van der Waals surface area (Å²) in [4.78, 5) is 14.3. The molecule has 2 N–H and O–H groups in total. The smallest absolute Gasteiger partial charge is 0.254 e. The monoisotopic (exact) mass is 356 g/mol. The third-order valence-corrected chi connectivity index (χ3v) is 4.49. The molecule has 0 bridgehead atoms. The van der Waals surface area contributed by atoms with E-state index in [0.717, 1.165) is 0 Å². The number of hydrogen-bond donors (Lipinski definition) is 2. The maximum Gasteiger partial charge on any atom is 0.254 e. The second kappa shape index (κ2) is 6.38. The SMILES string of the molecule is O=C(c1ccc2n[nH]nc2c1)N1CC[C@](O)(COc2cccc(F)c2)C1. The number of hydrogen-bond acceptors (Lipinski definition) is 5. The highest BCUT2D eigenvalue weighted by Gasteiger charge is 2.39. The highest BCUT2D eigenvalue weighted by molar-refractivity contribution is 5.97. The number of likely N-dealkylation sites (tertiary alicyclic amines) is 1. The molecule has 0 aliphatic carbocycles. The number of carbonyl (C=O) groups is 1. The van der Waals surface area contributed by atoms with Gasteiger partial charge >= 0.3 is 0 Å². The molecule has 1 aromatic heterocycles. The van der Waals surface area contributed by atoms with Gasteiger partial charge in [0.2, 0.25) is 0 Å². The summed E-state index contributed by atoms with van der Waals surface area (Å²) in [6, 6.07) is 10.8. The van der Waals surface area contributed by atoms with Crippen LogP contribution in [0.2, 0.25) is 0 Å². The number of nitrogens with zero attached hydrogens (tertiary/aromatic N) is 3. The van der Waals surface area contributed by atoms with E-state index in [0.29, 0.717) is 35.3 Å². The van der Waals surface area contributed by atoms with Crippen LogP contribution in [0.4, 0.5) is 4.39 Å². The van der Waals surface area contributed by atoms with E-state index in [9.17, 15) is 14.3 Å². The Balaban J connectivity index is 1.42. The number of nitrogens with one attached hydrogen (secondary N) is 1. The second-order valence-electron chi connectivity index (χ2n) is 6.47. The molecule has 1 fully saturated rings. The van der Waals surface area contributed by atoms with Gasteiger partial charge in [-0.1, -0.05) is 6.07 Å². The maximum atomic E-state index is 13.2. The Hall–Kier alpha value is -3.00. The summed E-state index contributed by atoms with van der Waals surface area (Å²) in [5.41, 5.74) is 0.615. The molecule has 4 rings (SSSR count). The second-order valence-corrected chi connectivity index (χ2v) is 6.47. The van der Waals surface area contributed by atoms with Crippen molar-refractivity contribution in [2.75, 3.05) is 19.7 Å². The standard InChI is InChI=1S/C18H17FN4O3/c19-13-2-1-3-14(9-13)26-11-18(25)6-7-23(10-18)17(24)12-4-5-15-16(8-12)21-22-20-15/h1-5,8-9,25H,6-7,10-11H2,(H,20,21,22)/t18-/m1/s1.